The molecule has 4 nitrogen and oxygen atoms in total. The molecule has 0 saturated carbocycles. The Hall–Kier alpha value is -1.68. The SMILES string of the molecule is COCc1ccc2nc(C)[nH]c(=O)c2c1. The van der Waals surface area contributed by atoms with Crippen LogP contribution in [0.25, 0.3) is 10.9 Å². The van der Waals surface area contributed by atoms with Crippen LogP contribution in [0.4, 0.5) is 0 Å². The summed E-state index contributed by atoms with van der Waals surface area (Å²) in [4.78, 5) is 18.5. The number of aromatic nitrogens is 2. The number of aromatic amines is 1. The molecular weight excluding hydrogens is 192 g/mol. The van der Waals surface area contributed by atoms with Gasteiger partial charge in [-0.3, -0.25) is 4.79 Å². The largest absolute Gasteiger partial charge is 0.380 e. The third-order valence-corrected chi connectivity index (χ3v) is 2.20. The number of hydrogen-bond donors (Lipinski definition) is 1. The van der Waals surface area contributed by atoms with Gasteiger partial charge in [0.25, 0.3) is 5.56 Å². The number of nitrogens with one attached hydrogen (secondary N) is 1. The number of nitrogens with zero attached hydrogens (tertiary/aromatic N) is 1. The highest BCUT2D eigenvalue weighted by molar-refractivity contribution is 5.78. The Morgan fingerprint density at radius 3 is 3.00 bits per heavy atom. The average molecular weight is 204 g/mol. The monoisotopic (exact) mass is 204 g/mol. The predicted octanol–water partition coefficient (Wildman–Crippen LogP) is 1.38. The van der Waals surface area contributed by atoms with E-state index >= 15 is 0 Å². The van der Waals surface area contributed by atoms with Crippen molar-refractivity contribution in [2.75, 3.05) is 7.11 Å². The first kappa shape index (κ1) is 9.86. The Bertz CT molecular complexity index is 546. The van der Waals surface area contributed by atoms with Crippen LogP contribution >= 0.6 is 0 Å². The van der Waals surface area contributed by atoms with Crippen LogP contribution < -0.4 is 5.56 Å². The fourth-order valence-corrected chi connectivity index (χ4v) is 1.56. The van der Waals surface area contributed by atoms with Crippen LogP contribution in [0.2, 0.25) is 0 Å². The lowest BCUT2D eigenvalue weighted by atomic mass is 10.1. The van der Waals surface area contributed by atoms with Gasteiger partial charge >= 0.3 is 0 Å². The van der Waals surface area contributed by atoms with E-state index in [9.17, 15) is 4.79 Å². The molecule has 0 atom stereocenters. The van der Waals surface area contributed by atoms with Crippen molar-refractivity contribution < 1.29 is 4.74 Å². The van der Waals surface area contributed by atoms with Gasteiger partial charge in [0.2, 0.25) is 0 Å². The molecule has 0 aliphatic carbocycles. The molecule has 0 unspecified atom stereocenters. The molecule has 0 spiro atoms. The summed E-state index contributed by atoms with van der Waals surface area (Å²) in [6, 6.07) is 5.56. The van der Waals surface area contributed by atoms with Crippen LogP contribution in [0, 0.1) is 6.92 Å². The van der Waals surface area contributed by atoms with Gasteiger partial charge in [0.05, 0.1) is 17.5 Å². The van der Waals surface area contributed by atoms with E-state index in [-0.39, 0.29) is 5.56 Å². The van der Waals surface area contributed by atoms with Crippen molar-refractivity contribution in [2.24, 2.45) is 0 Å². The Morgan fingerprint density at radius 1 is 1.47 bits per heavy atom. The van der Waals surface area contributed by atoms with Crippen LogP contribution in [-0.4, -0.2) is 17.1 Å². The topological polar surface area (TPSA) is 55.0 Å². The van der Waals surface area contributed by atoms with Gasteiger partial charge in [-0.05, 0) is 24.6 Å². The molecule has 0 bridgehead atoms. The number of ether oxygens (including phenoxy) is 1. The number of hydrogen-bond acceptors (Lipinski definition) is 3. The van der Waals surface area contributed by atoms with Crippen LogP contribution in [0.15, 0.2) is 23.0 Å². The maximum Gasteiger partial charge on any atom is 0.258 e. The zero-order chi connectivity index (χ0) is 10.8. The Kier molecular flexibility index (Phi) is 2.51. The highest BCUT2D eigenvalue weighted by Crippen LogP contribution is 2.10. The van der Waals surface area contributed by atoms with Crippen molar-refractivity contribution in [3.05, 3.63) is 39.9 Å². The lowest BCUT2D eigenvalue weighted by Gasteiger charge is -2.02. The molecule has 2 aromatic rings. The third-order valence-electron chi connectivity index (χ3n) is 2.20. The van der Waals surface area contributed by atoms with E-state index in [0.29, 0.717) is 17.8 Å². The fraction of sp³-hybridized carbons (Fsp3) is 0.273. The van der Waals surface area contributed by atoms with Gasteiger partial charge in [0.15, 0.2) is 0 Å². The molecule has 1 aromatic carbocycles. The summed E-state index contributed by atoms with van der Waals surface area (Å²) < 4.78 is 5.01. The molecule has 1 aromatic heterocycles. The van der Waals surface area contributed by atoms with Crippen molar-refractivity contribution in [2.45, 2.75) is 13.5 Å². The van der Waals surface area contributed by atoms with Crippen molar-refractivity contribution in [3.63, 3.8) is 0 Å². The van der Waals surface area contributed by atoms with Crippen molar-refractivity contribution >= 4 is 10.9 Å². The molecular formula is C11H12N2O2. The van der Waals surface area contributed by atoms with Gasteiger partial charge in [-0.1, -0.05) is 6.07 Å². The Labute approximate surface area is 86.9 Å². The van der Waals surface area contributed by atoms with Crippen LogP contribution in [0.5, 0.6) is 0 Å². The summed E-state index contributed by atoms with van der Waals surface area (Å²) in [7, 11) is 1.63. The molecule has 15 heavy (non-hydrogen) atoms. The maximum atomic E-state index is 11.6. The molecule has 1 N–H and O–H groups in total. The van der Waals surface area contributed by atoms with Gasteiger partial charge in [0, 0.05) is 7.11 Å². The van der Waals surface area contributed by atoms with E-state index in [2.05, 4.69) is 9.97 Å². The van der Waals surface area contributed by atoms with Crippen LogP contribution in [0.3, 0.4) is 0 Å². The van der Waals surface area contributed by atoms with E-state index < -0.39 is 0 Å². The van der Waals surface area contributed by atoms with Gasteiger partial charge in [-0.25, -0.2) is 4.98 Å². The van der Waals surface area contributed by atoms with Crippen LogP contribution in [0.1, 0.15) is 11.4 Å². The standard InChI is InChI=1S/C11H12N2O2/c1-7-12-10-4-3-8(6-15-2)5-9(10)11(14)13-7/h3-5H,6H2,1-2H3,(H,12,13,14). The summed E-state index contributed by atoms with van der Waals surface area (Å²) in [6.07, 6.45) is 0. The van der Waals surface area contributed by atoms with Gasteiger partial charge in [-0.2, -0.15) is 0 Å². The highest BCUT2D eigenvalue weighted by atomic mass is 16.5. The number of aryl methyl sites for hydroxylation is 1. The molecule has 0 saturated heterocycles. The fourth-order valence-electron chi connectivity index (χ4n) is 1.56. The summed E-state index contributed by atoms with van der Waals surface area (Å²) in [5.41, 5.74) is 1.59. The van der Waals surface area contributed by atoms with Crippen LogP contribution in [-0.2, 0) is 11.3 Å². The van der Waals surface area contributed by atoms with Gasteiger partial charge < -0.3 is 9.72 Å². The summed E-state index contributed by atoms with van der Waals surface area (Å²) >= 11 is 0. The van der Waals surface area contributed by atoms with E-state index in [0.717, 1.165) is 11.1 Å². The second kappa shape index (κ2) is 3.82. The molecule has 0 amide bonds. The zero-order valence-corrected chi connectivity index (χ0v) is 8.70. The van der Waals surface area contributed by atoms with Crippen molar-refractivity contribution in [1.82, 2.24) is 9.97 Å². The second-order valence-electron chi connectivity index (χ2n) is 3.44. The number of benzene rings is 1. The molecule has 0 radical (unpaired) electrons. The molecule has 2 rings (SSSR count). The molecule has 0 aliphatic rings. The van der Waals surface area contributed by atoms with E-state index in [1.165, 1.54) is 0 Å². The molecule has 78 valence electrons. The van der Waals surface area contributed by atoms with Crippen molar-refractivity contribution in [1.29, 1.82) is 0 Å². The van der Waals surface area contributed by atoms with Crippen molar-refractivity contribution in [3.8, 4) is 0 Å². The highest BCUT2D eigenvalue weighted by Gasteiger charge is 2.02. The number of methoxy groups -OCH3 is 1. The summed E-state index contributed by atoms with van der Waals surface area (Å²) in [5.74, 6) is 0.631. The zero-order valence-electron chi connectivity index (χ0n) is 8.70. The van der Waals surface area contributed by atoms with Gasteiger partial charge in [0.1, 0.15) is 5.82 Å². The van der Waals surface area contributed by atoms with E-state index in [1.807, 2.05) is 18.2 Å². The normalized spacial score (nSPS) is 10.8. The maximum absolute atomic E-state index is 11.6. The third kappa shape index (κ3) is 1.89. The number of rotatable bonds is 2. The van der Waals surface area contributed by atoms with E-state index in [4.69, 9.17) is 4.74 Å². The first-order chi connectivity index (χ1) is 7.20. The molecule has 0 fully saturated rings. The molecule has 4 heteroatoms. The predicted molar refractivity (Wildman–Crippen MR) is 57.8 cm³/mol. The molecule has 0 aliphatic heterocycles. The lowest BCUT2D eigenvalue weighted by Crippen LogP contribution is -2.09. The minimum atomic E-state index is -0.101. The van der Waals surface area contributed by atoms with E-state index in [1.54, 1.807) is 14.0 Å². The molecule has 1 heterocycles. The quantitative estimate of drug-likeness (QED) is 0.804. The average Bonchev–Trinajstić information content (AvgIpc) is 2.19. The summed E-state index contributed by atoms with van der Waals surface area (Å²) in [6.45, 7) is 2.27. The number of H-pyrrole nitrogens is 1. The number of fused-ring (bicyclic) bond motifs is 1. The summed E-state index contributed by atoms with van der Waals surface area (Å²) in [5, 5.41) is 0.607. The first-order valence-electron chi connectivity index (χ1n) is 4.69. The Morgan fingerprint density at radius 2 is 2.27 bits per heavy atom. The Balaban J connectivity index is 2.66. The lowest BCUT2D eigenvalue weighted by molar-refractivity contribution is 0.185. The first-order valence-corrected chi connectivity index (χ1v) is 4.69. The second-order valence-corrected chi connectivity index (χ2v) is 3.44. The van der Waals surface area contributed by atoms with Gasteiger partial charge in [-0.15, -0.1) is 0 Å². The smallest absolute Gasteiger partial charge is 0.258 e. The minimum Gasteiger partial charge on any atom is -0.380 e. The minimum absolute atomic E-state index is 0.101.